The van der Waals surface area contributed by atoms with E-state index in [2.05, 4.69) is 0 Å². The van der Waals surface area contributed by atoms with Gasteiger partial charge in [-0.3, -0.25) is 0 Å². The normalized spacial score (nSPS) is 11.0. The summed E-state index contributed by atoms with van der Waals surface area (Å²) in [5, 5.41) is 7.82. The third kappa shape index (κ3) is 9.78. The van der Waals surface area contributed by atoms with Gasteiger partial charge in [-0.1, -0.05) is 0 Å². The van der Waals surface area contributed by atoms with Crippen molar-refractivity contribution in [2.24, 2.45) is 0 Å². The molecule has 0 aromatic carbocycles. The fourth-order valence-corrected chi connectivity index (χ4v) is 0.399. The van der Waals surface area contributed by atoms with Crippen LogP contribution in [0.4, 0.5) is 0 Å². The van der Waals surface area contributed by atoms with Gasteiger partial charge < -0.3 is 4.55 Å². The van der Waals surface area contributed by atoms with Gasteiger partial charge in [0.15, 0.2) is 11.1 Å². The summed E-state index contributed by atoms with van der Waals surface area (Å²) in [6, 6.07) is 1.75. The number of rotatable bonds is 2. The predicted molar refractivity (Wildman–Crippen MR) is 33.0 cm³/mol. The van der Waals surface area contributed by atoms with Crippen LogP contribution < -0.4 is 0 Å². The topological polar surface area (TPSA) is 61.1 Å². The standard InChI is InChI=1S/C3H5NO2S.Na.H/c4-2-1-3-7(5)6;;/h1,3H2,(H,5,6);;. The zero-order chi connectivity index (χ0) is 5.70. The van der Waals surface area contributed by atoms with E-state index in [9.17, 15) is 4.21 Å². The molecule has 0 radical (unpaired) electrons. The molecule has 0 aliphatic carbocycles. The van der Waals surface area contributed by atoms with E-state index < -0.39 is 11.1 Å². The number of nitriles is 1. The summed E-state index contributed by atoms with van der Waals surface area (Å²) in [4.78, 5) is 0. The number of hydrogen-bond acceptors (Lipinski definition) is 2. The number of hydrogen-bond donors (Lipinski definition) is 1. The van der Waals surface area contributed by atoms with E-state index in [1.165, 1.54) is 0 Å². The molecule has 0 bridgehead atoms. The monoisotopic (exact) mass is 143 g/mol. The third-order valence-corrected chi connectivity index (χ3v) is 0.942. The second kappa shape index (κ2) is 7.60. The Morgan fingerprint density at radius 1 is 1.75 bits per heavy atom. The SMILES string of the molecule is N#CCCS(=O)O.[NaH]. The molecule has 42 valence electrons. The van der Waals surface area contributed by atoms with Crippen molar-refractivity contribution in [3.05, 3.63) is 0 Å². The average molecular weight is 143 g/mol. The molecule has 3 nitrogen and oxygen atoms in total. The molecular formula is C3H6NNaO2S. The summed E-state index contributed by atoms with van der Waals surface area (Å²) in [5.41, 5.74) is 0. The van der Waals surface area contributed by atoms with Crippen molar-refractivity contribution in [1.82, 2.24) is 0 Å². The molecule has 0 saturated carbocycles. The van der Waals surface area contributed by atoms with Gasteiger partial charge in [0, 0.05) is 6.42 Å². The van der Waals surface area contributed by atoms with E-state index in [4.69, 9.17) is 9.81 Å². The van der Waals surface area contributed by atoms with Gasteiger partial charge in [0.25, 0.3) is 0 Å². The van der Waals surface area contributed by atoms with Gasteiger partial charge in [0.1, 0.15) is 0 Å². The second-order valence-electron chi connectivity index (χ2n) is 0.934. The van der Waals surface area contributed by atoms with Gasteiger partial charge in [-0.25, -0.2) is 4.21 Å². The van der Waals surface area contributed by atoms with Crippen LogP contribution in [-0.4, -0.2) is 44.1 Å². The zero-order valence-corrected chi connectivity index (χ0v) is 4.44. The fraction of sp³-hybridized carbons (Fsp3) is 0.667. The molecule has 0 spiro atoms. The Hall–Kier alpha value is 0.600. The average Bonchev–Trinajstić information content (AvgIpc) is 1.61. The Morgan fingerprint density at radius 2 is 2.25 bits per heavy atom. The van der Waals surface area contributed by atoms with Crippen LogP contribution >= 0.6 is 0 Å². The Balaban J connectivity index is 0. The van der Waals surface area contributed by atoms with Crippen molar-refractivity contribution >= 4 is 40.6 Å². The van der Waals surface area contributed by atoms with Crippen LogP contribution in [0.25, 0.3) is 0 Å². The molecule has 0 rings (SSSR count). The van der Waals surface area contributed by atoms with E-state index in [1.807, 2.05) is 0 Å². The van der Waals surface area contributed by atoms with E-state index in [1.54, 1.807) is 6.07 Å². The molecule has 5 heteroatoms. The summed E-state index contributed by atoms with van der Waals surface area (Å²) in [6.45, 7) is 0. The first-order valence-electron chi connectivity index (χ1n) is 1.72. The van der Waals surface area contributed by atoms with E-state index >= 15 is 0 Å². The first-order valence-corrected chi connectivity index (χ1v) is 2.99. The van der Waals surface area contributed by atoms with Crippen LogP contribution in [0, 0.1) is 11.3 Å². The van der Waals surface area contributed by atoms with Gasteiger partial charge in [-0.2, -0.15) is 5.26 Å². The molecule has 0 amide bonds. The summed E-state index contributed by atoms with van der Waals surface area (Å²) in [6.07, 6.45) is 0.156. The molecule has 0 aromatic heterocycles. The molecule has 1 atom stereocenters. The molecule has 0 saturated heterocycles. The van der Waals surface area contributed by atoms with E-state index in [-0.39, 0.29) is 41.7 Å². The predicted octanol–water partition coefficient (Wildman–Crippen LogP) is -0.527. The van der Waals surface area contributed by atoms with Crippen molar-refractivity contribution in [2.75, 3.05) is 5.75 Å². The molecule has 0 aliphatic rings. The van der Waals surface area contributed by atoms with Crippen molar-refractivity contribution in [1.29, 1.82) is 5.26 Å². The molecule has 8 heavy (non-hydrogen) atoms. The van der Waals surface area contributed by atoms with Gasteiger partial charge in [0.05, 0.1) is 11.8 Å². The van der Waals surface area contributed by atoms with Gasteiger partial charge in [-0.15, -0.1) is 0 Å². The van der Waals surface area contributed by atoms with Crippen LogP contribution in [0.1, 0.15) is 6.42 Å². The van der Waals surface area contributed by atoms with Crippen molar-refractivity contribution in [3.63, 3.8) is 0 Å². The third-order valence-electron chi connectivity index (χ3n) is 0.388. The van der Waals surface area contributed by atoms with Crippen LogP contribution in [-0.2, 0) is 11.1 Å². The van der Waals surface area contributed by atoms with Crippen LogP contribution in [0.2, 0.25) is 0 Å². The van der Waals surface area contributed by atoms with Gasteiger partial charge >= 0.3 is 29.6 Å². The summed E-state index contributed by atoms with van der Waals surface area (Å²) in [5.74, 6) is 0.0660. The summed E-state index contributed by atoms with van der Waals surface area (Å²) >= 11 is -1.79. The van der Waals surface area contributed by atoms with Crippen LogP contribution in [0.5, 0.6) is 0 Å². The Bertz CT molecular complexity index is 110. The van der Waals surface area contributed by atoms with Crippen molar-refractivity contribution in [3.8, 4) is 6.07 Å². The molecule has 0 aromatic rings. The summed E-state index contributed by atoms with van der Waals surface area (Å²) in [7, 11) is 0. The quantitative estimate of drug-likeness (QED) is 0.417. The molecular weight excluding hydrogens is 137 g/mol. The minimum absolute atomic E-state index is 0. The van der Waals surface area contributed by atoms with Gasteiger partial charge in [-0.05, 0) is 0 Å². The molecule has 0 aliphatic heterocycles. The van der Waals surface area contributed by atoms with Crippen LogP contribution in [0.3, 0.4) is 0 Å². The fourth-order valence-electron chi connectivity index (χ4n) is 0.133. The van der Waals surface area contributed by atoms with Gasteiger partial charge in [0.2, 0.25) is 0 Å². The maximum absolute atomic E-state index is 9.72. The molecule has 0 heterocycles. The van der Waals surface area contributed by atoms with Crippen molar-refractivity contribution in [2.45, 2.75) is 6.42 Å². The Kier molecular flexibility index (Phi) is 10.8. The first kappa shape index (κ1) is 11.4. The van der Waals surface area contributed by atoms with Crippen molar-refractivity contribution < 1.29 is 8.76 Å². The zero-order valence-electron chi connectivity index (χ0n) is 3.63. The van der Waals surface area contributed by atoms with Crippen LogP contribution in [0.15, 0.2) is 0 Å². The van der Waals surface area contributed by atoms with E-state index in [0.717, 1.165) is 0 Å². The summed E-state index contributed by atoms with van der Waals surface area (Å²) < 4.78 is 17.7. The maximum atomic E-state index is 9.72. The number of nitrogens with zero attached hydrogens (tertiary/aromatic N) is 1. The molecule has 1 N–H and O–H groups in total. The minimum atomic E-state index is -1.79. The van der Waals surface area contributed by atoms with E-state index in [0.29, 0.717) is 0 Å². The molecule has 0 fully saturated rings. The first-order chi connectivity index (χ1) is 3.27. The Morgan fingerprint density at radius 3 is 2.38 bits per heavy atom. The molecule has 1 unspecified atom stereocenters. The second-order valence-corrected chi connectivity index (χ2v) is 1.98. The Labute approximate surface area is 72.7 Å².